The van der Waals surface area contributed by atoms with Crippen LogP contribution in [0.5, 0.6) is 0 Å². The number of fused-ring (bicyclic) bond motifs is 2. The van der Waals surface area contributed by atoms with Crippen molar-refractivity contribution >= 4 is 33.2 Å². The second-order valence-corrected chi connectivity index (χ2v) is 12.3. The molecule has 35 heavy (non-hydrogen) atoms. The minimum atomic E-state index is -3.48. The van der Waals surface area contributed by atoms with Crippen molar-refractivity contribution in [3.8, 4) is 0 Å². The van der Waals surface area contributed by atoms with Gasteiger partial charge in [-0.3, -0.25) is 0 Å². The molecule has 8 heteroatoms. The van der Waals surface area contributed by atoms with Crippen LogP contribution in [0.1, 0.15) is 40.0 Å². The maximum Gasteiger partial charge on any atom is 0.242 e. The molecule has 2 aromatic rings. The molecule has 0 bridgehead atoms. The van der Waals surface area contributed by atoms with E-state index in [-0.39, 0.29) is 0 Å². The molecule has 0 unspecified atom stereocenters. The minimum Gasteiger partial charge on any atom is -0.340 e. The van der Waals surface area contributed by atoms with Gasteiger partial charge in [-0.2, -0.15) is 0 Å². The largest absolute Gasteiger partial charge is 0.340 e. The Morgan fingerprint density at radius 1 is 0.829 bits per heavy atom. The normalized spacial score (nSPS) is 16.5. The van der Waals surface area contributed by atoms with Gasteiger partial charge in [-0.25, -0.2) is 12.7 Å². The molecule has 0 aromatic heterocycles. The lowest BCUT2D eigenvalue weighted by molar-refractivity contribution is 0.131. The molecule has 1 saturated heterocycles. The Morgan fingerprint density at radius 2 is 1.43 bits per heavy atom. The van der Waals surface area contributed by atoms with E-state index in [0.717, 1.165) is 56.3 Å². The minimum absolute atomic E-state index is 0.347. The van der Waals surface area contributed by atoms with Gasteiger partial charge in [-0.1, -0.05) is 51.1 Å². The van der Waals surface area contributed by atoms with E-state index in [1.807, 2.05) is 26.0 Å². The molecule has 2 heterocycles. The number of nitrogens with zero attached hydrogens (tertiary/aromatic N) is 4. The highest BCUT2D eigenvalue weighted by Gasteiger charge is 2.26. The average molecular weight is 519 g/mol. The fourth-order valence-corrected chi connectivity index (χ4v) is 6.49. The maximum atomic E-state index is 12.8. The first-order chi connectivity index (χ1) is 16.9. The second-order valence-electron chi connectivity index (χ2n) is 9.03. The summed E-state index contributed by atoms with van der Waals surface area (Å²) in [7, 11) is -0.312. The van der Waals surface area contributed by atoms with Gasteiger partial charge in [0.1, 0.15) is 0 Å². The lowest BCUT2D eigenvalue weighted by Gasteiger charge is -2.36. The fourth-order valence-electron chi connectivity index (χ4n) is 4.49. The lowest BCUT2D eigenvalue weighted by Crippen LogP contribution is -2.47. The number of benzene rings is 2. The van der Waals surface area contributed by atoms with Crippen molar-refractivity contribution < 1.29 is 8.42 Å². The van der Waals surface area contributed by atoms with Crippen molar-refractivity contribution in [1.82, 2.24) is 14.1 Å². The number of hydrogen-bond donors (Lipinski definition) is 0. The first-order valence-electron chi connectivity index (χ1n) is 13.0. The zero-order valence-electron chi connectivity index (χ0n) is 22.0. The van der Waals surface area contributed by atoms with Gasteiger partial charge in [0.05, 0.1) is 16.3 Å². The van der Waals surface area contributed by atoms with E-state index in [9.17, 15) is 8.42 Å². The molecule has 6 nitrogen and oxygen atoms in total. The Hall–Kier alpha value is -1.58. The molecule has 2 aliphatic rings. The van der Waals surface area contributed by atoms with Crippen LogP contribution in [0.15, 0.2) is 57.2 Å². The Balaban J connectivity index is 0.00000167. The molecule has 0 spiro atoms. The Morgan fingerprint density at radius 3 is 2.06 bits per heavy atom. The van der Waals surface area contributed by atoms with Gasteiger partial charge in [-0.15, -0.1) is 0 Å². The zero-order chi connectivity index (χ0) is 25.4. The Kier molecular flexibility index (Phi) is 10.5. The fraction of sp³-hybridized carbons (Fsp3) is 0.556. The van der Waals surface area contributed by atoms with Crippen molar-refractivity contribution in [2.75, 3.05) is 64.8 Å². The van der Waals surface area contributed by atoms with Gasteiger partial charge in [0.2, 0.25) is 10.0 Å². The quantitative estimate of drug-likeness (QED) is 0.445. The summed E-state index contributed by atoms with van der Waals surface area (Å²) in [6, 6.07) is 14.0. The summed E-state index contributed by atoms with van der Waals surface area (Å²) in [6.45, 7) is 14.0. The van der Waals surface area contributed by atoms with Crippen molar-refractivity contribution in [1.29, 1.82) is 0 Å². The molecule has 4 rings (SSSR count). The number of para-hydroxylation sites is 1. The molecular weight excluding hydrogens is 476 g/mol. The standard InChI is InChI=1S/C25H36N4O2S2.C2H6/c1-4-5-13-27-16-18-28(19-17-27)14-8-15-29-22-9-6-7-10-24(22)32-25-12-11-21(20-23(25)29)33(30,31)26(2)3;1-2/h6-7,9-12,20H,4-5,8,13-19H2,1-3H3;1-2H3. The van der Waals surface area contributed by atoms with E-state index in [0.29, 0.717) is 4.90 Å². The van der Waals surface area contributed by atoms with Crippen LogP contribution in [0.2, 0.25) is 0 Å². The van der Waals surface area contributed by atoms with Gasteiger partial charge >= 0.3 is 0 Å². The van der Waals surface area contributed by atoms with Crippen LogP contribution in [-0.2, 0) is 10.0 Å². The molecule has 0 aliphatic carbocycles. The summed E-state index contributed by atoms with van der Waals surface area (Å²) in [5.74, 6) is 0. The van der Waals surface area contributed by atoms with Crippen molar-refractivity contribution in [3.63, 3.8) is 0 Å². The summed E-state index contributed by atoms with van der Waals surface area (Å²) in [6.07, 6.45) is 3.59. The number of hydrogen-bond acceptors (Lipinski definition) is 6. The van der Waals surface area contributed by atoms with Gasteiger partial charge in [0.25, 0.3) is 0 Å². The van der Waals surface area contributed by atoms with E-state index >= 15 is 0 Å². The van der Waals surface area contributed by atoms with Crippen molar-refractivity contribution in [2.24, 2.45) is 0 Å². The molecule has 2 aromatic carbocycles. The molecular formula is C27H42N4O2S2. The smallest absolute Gasteiger partial charge is 0.242 e. The molecule has 0 amide bonds. The van der Waals surface area contributed by atoms with E-state index in [4.69, 9.17) is 0 Å². The molecule has 0 radical (unpaired) electrons. The molecule has 0 atom stereocenters. The van der Waals surface area contributed by atoms with Crippen LogP contribution in [0.25, 0.3) is 0 Å². The van der Waals surface area contributed by atoms with E-state index in [2.05, 4.69) is 45.9 Å². The summed E-state index contributed by atoms with van der Waals surface area (Å²) in [5, 5.41) is 0. The Labute approximate surface area is 217 Å². The molecule has 2 aliphatic heterocycles. The van der Waals surface area contributed by atoms with Crippen LogP contribution >= 0.6 is 11.8 Å². The Bertz CT molecular complexity index is 1050. The summed E-state index contributed by atoms with van der Waals surface area (Å²) in [4.78, 5) is 10.1. The topological polar surface area (TPSA) is 47.1 Å². The van der Waals surface area contributed by atoms with Crippen molar-refractivity contribution in [2.45, 2.75) is 54.7 Å². The summed E-state index contributed by atoms with van der Waals surface area (Å²) in [5.41, 5.74) is 2.16. The van der Waals surface area contributed by atoms with Crippen LogP contribution < -0.4 is 4.90 Å². The van der Waals surface area contributed by atoms with Gasteiger partial charge in [-0.05, 0) is 56.3 Å². The van der Waals surface area contributed by atoms with Gasteiger partial charge in [0.15, 0.2) is 0 Å². The van der Waals surface area contributed by atoms with Gasteiger partial charge < -0.3 is 14.7 Å². The molecule has 0 N–H and O–H groups in total. The number of sulfonamides is 1. The number of rotatable bonds is 9. The molecule has 0 saturated carbocycles. The lowest BCUT2D eigenvalue weighted by atomic mass is 10.2. The molecule has 1 fully saturated rings. The number of piperazine rings is 1. The van der Waals surface area contributed by atoms with Crippen LogP contribution in [0.3, 0.4) is 0 Å². The van der Waals surface area contributed by atoms with Gasteiger partial charge in [0, 0.05) is 56.6 Å². The highest BCUT2D eigenvalue weighted by molar-refractivity contribution is 7.99. The second kappa shape index (κ2) is 13.1. The van der Waals surface area contributed by atoms with Crippen LogP contribution in [0.4, 0.5) is 11.4 Å². The van der Waals surface area contributed by atoms with Crippen LogP contribution in [0, 0.1) is 0 Å². The number of unbranched alkanes of at least 4 members (excludes halogenated alkanes) is 1. The SMILES string of the molecule is CC.CCCCN1CCN(CCCN2c3ccccc3Sc3ccc(S(=O)(=O)N(C)C)cc32)CC1. The summed E-state index contributed by atoms with van der Waals surface area (Å²) < 4.78 is 26.8. The predicted octanol–water partition coefficient (Wildman–Crippen LogP) is 5.37. The van der Waals surface area contributed by atoms with Crippen molar-refractivity contribution in [3.05, 3.63) is 42.5 Å². The predicted molar refractivity (Wildman–Crippen MR) is 149 cm³/mol. The van der Waals surface area contributed by atoms with E-state index in [1.54, 1.807) is 31.9 Å². The maximum absolute atomic E-state index is 12.8. The summed E-state index contributed by atoms with van der Waals surface area (Å²) >= 11 is 1.72. The first-order valence-corrected chi connectivity index (χ1v) is 15.2. The highest BCUT2D eigenvalue weighted by atomic mass is 32.2. The number of anilines is 2. The highest BCUT2D eigenvalue weighted by Crippen LogP contribution is 2.48. The zero-order valence-corrected chi connectivity index (χ0v) is 23.7. The first kappa shape index (κ1) is 28.0. The van der Waals surface area contributed by atoms with E-state index < -0.39 is 10.0 Å². The third kappa shape index (κ3) is 6.80. The third-order valence-electron chi connectivity index (χ3n) is 6.52. The van der Waals surface area contributed by atoms with E-state index in [1.165, 1.54) is 34.3 Å². The third-order valence-corrected chi connectivity index (χ3v) is 9.47. The van der Waals surface area contributed by atoms with Crippen LogP contribution in [-0.4, -0.2) is 82.4 Å². The average Bonchev–Trinajstić information content (AvgIpc) is 2.88. The molecule has 194 valence electrons. The monoisotopic (exact) mass is 518 g/mol.